The van der Waals surface area contributed by atoms with Crippen LogP contribution >= 0.6 is 0 Å². The van der Waals surface area contributed by atoms with Crippen molar-refractivity contribution in [3.63, 3.8) is 0 Å². The van der Waals surface area contributed by atoms with Gasteiger partial charge in [0.1, 0.15) is 12.4 Å². The summed E-state index contributed by atoms with van der Waals surface area (Å²) in [7, 11) is -4.23. The number of nitrogens with zero attached hydrogens (tertiary/aromatic N) is 1. The molecule has 0 amide bonds. The zero-order valence-electron chi connectivity index (χ0n) is 11.4. The van der Waals surface area contributed by atoms with Crippen molar-refractivity contribution in [1.82, 2.24) is 4.57 Å². The molecule has 118 valence electrons. The van der Waals surface area contributed by atoms with E-state index in [1.165, 1.54) is 17.6 Å². The van der Waals surface area contributed by atoms with Gasteiger partial charge in [0, 0.05) is 11.1 Å². The molecule has 0 spiro atoms. The van der Waals surface area contributed by atoms with Gasteiger partial charge in [-0.3, -0.25) is 9.59 Å². The quantitative estimate of drug-likeness (QED) is 0.847. The van der Waals surface area contributed by atoms with Crippen molar-refractivity contribution in [2.24, 2.45) is 0 Å². The van der Waals surface area contributed by atoms with E-state index in [0.717, 1.165) is 12.1 Å². The van der Waals surface area contributed by atoms with Crippen molar-refractivity contribution in [3.8, 4) is 0 Å². The SMILES string of the molecule is Cc1c(S(=O)(=O)CC(=O)O)c2cc(F)ccc2n1CC(=O)O. The lowest BCUT2D eigenvalue weighted by Gasteiger charge is -2.05. The summed E-state index contributed by atoms with van der Waals surface area (Å²) in [5.74, 6) is -4.61. The topological polar surface area (TPSA) is 114 Å². The Labute approximate surface area is 124 Å². The molecule has 1 heterocycles. The molecular weight excluding hydrogens is 317 g/mol. The third-order valence-corrected chi connectivity index (χ3v) is 4.91. The highest BCUT2D eigenvalue weighted by molar-refractivity contribution is 7.92. The van der Waals surface area contributed by atoms with Gasteiger partial charge in [0.15, 0.2) is 15.6 Å². The van der Waals surface area contributed by atoms with Crippen LogP contribution in [0.25, 0.3) is 10.9 Å². The summed E-state index contributed by atoms with van der Waals surface area (Å²) < 4.78 is 39.1. The van der Waals surface area contributed by atoms with Crippen LogP contribution < -0.4 is 0 Å². The Kier molecular flexibility index (Phi) is 3.92. The van der Waals surface area contributed by atoms with Gasteiger partial charge in [-0.05, 0) is 25.1 Å². The summed E-state index contributed by atoms with van der Waals surface area (Å²) in [5.41, 5.74) is 0.273. The number of sulfone groups is 1. The van der Waals surface area contributed by atoms with E-state index in [-0.39, 0.29) is 21.5 Å². The zero-order chi connectivity index (χ0) is 16.7. The second-order valence-electron chi connectivity index (χ2n) is 4.71. The fourth-order valence-electron chi connectivity index (χ4n) is 2.39. The first-order valence-electron chi connectivity index (χ1n) is 6.08. The fraction of sp³-hybridized carbons (Fsp3) is 0.231. The molecule has 0 aliphatic rings. The van der Waals surface area contributed by atoms with Crippen LogP contribution in [0.15, 0.2) is 23.1 Å². The second-order valence-corrected chi connectivity index (χ2v) is 6.64. The molecule has 0 bridgehead atoms. The minimum Gasteiger partial charge on any atom is -0.480 e. The third kappa shape index (κ3) is 2.80. The van der Waals surface area contributed by atoms with Gasteiger partial charge in [0.25, 0.3) is 0 Å². The molecule has 2 N–H and O–H groups in total. The lowest BCUT2D eigenvalue weighted by atomic mass is 10.2. The molecule has 7 nitrogen and oxygen atoms in total. The molecule has 2 rings (SSSR count). The molecule has 22 heavy (non-hydrogen) atoms. The summed E-state index contributed by atoms with van der Waals surface area (Å²) in [5, 5.41) is 17.6. The van der Waals surface area contributed by atoms with E-state index in [9.17, 15) is 22.4 Å². The fourth-order valence-corrected chi connectivity index (χ4v) is 3.92. The molecule has 2 aromatic rings. The number of hydrogen-bond acceptors (Lipinski definition) is 4. The van der Waals surface area contributed by atoms with Gasteiger partial charge in [-0.15, -0.1) is 0 Å². The average Bonchev–Trinajstić information content (AvgIpc) is 2.60. The molecule has 1 aromatic carbocycles. The highest BCUT2D eigenvalue weighted by atomic mass is 32.2. The van der Waals surface area contributed by atoms with Crippen molar-refractivity contribution >= 4 is 32.7 Å². The predicted molar refractivity (Wildman–Crippen MR) is 74.0 cm³/mol. The van der Waals surface area contributed by atoms with E-state index in [1.807, 2.05) is 0 Å². The Morgan fingerprint density at radius 1 is 1.23 bits per heavy atom. The third-order valence-electron chi connectivity index (χ3n) is 3.15. The highest BCUT2D eigenvalue weighted by Crippen LogP contribution is 2.31. The lowest BCUT2D eigenvalue weighted by molar-refractivity contribution is -0.137. The Hall–Kier alpha value is -2.42. The van der Waals surface area contributed by atoms with E-state index < -0.39 is 39.9 Å². The maximum atomic E-state index is 13.4. The maximum absolute atomic E-state index is 13.4. The molecule has 0 unspecified atom stereocenters. The Bertz CT molecular complexity index is 884. The van der Waals surface area contributed by atoms with Crippen molar-refractivity contribution in [2.75, 3.05) is 5.75 Å². The minimum absolute atomic E-state index is 0.0278. The van der Waals surface area contributed by atoms with Gasteiger partial charge in [0.2, 0.25) is 0 Å². The zero-order valence-corrected chi connectivity index (χ0v) is 12.2. The maximum Gasteiger partial charge on any atom is 0.323 e. The van der Waals surface area contributed by atoms with Crippen molar-refractivity contribution in [2.45, 2.75) is 18.4 Å². The molecule has 0 aliphatic carbocycles. The molecule has 0 saturated heterocycles. The number of halogens is 1. The van der Waals surface area contributed by atoms with E-state index in [4.69, 9.17) is 10.2 Å². The Balaban J connectivity index is 2.83. The molecular formula is C13H12FNO6S. The Morgan fingerprint density at radius 2 is 1.86 bits per heavy atom. The number of carboxylic acid groups (broad SMARTS) is 2. The molecule has 0 aliphatic heterocycles. The standard InChI is InChI=1S/C13H12FNO6S/c1-7-13(22(20,21)6-12(18)19)9-4-8(14)2-3-10(9)15(7)5-11(16)17/h2-4H,5-6H2,1H3,(H,16,17)(H,18,19). The van der Waals surface area contributed by atoms with Crippen LogP contribution in [0, 0.1) is 12.7 Å². The van der Waals surface area contributed by atoms with E-state index in [2.05, 4.69) is 0 Å². The van der Waals surface area contributed by atoms with Gasteiger partial charge in [-0.2, -0.15) is 0 Å². The van der Waals surface area contributed by atoms with Crippen LogP contribution in [0.4, 0.5) is 4.39 Å². The van der Waals surface area contributed by atoms with Gasteiger partial charge >= 0.3 is 11.9 Å². The van der Waals surface area contributed by atoms with Gasteiger partial charge in [-0.25, -0.2) is 12.8 Å². The number of aliphatic carboxylic acids is 2. The first kappa shape index (κ1) is 16.0. The summed E-state index contributed by atoms with van der Waals surface area (Å²) in [6, 6.07) is 3.30. The molecule has 0 radical (unpaired) electrons. The molecule has 0 atom stereocenters. The van der Waals surface area contributed by atoms with E-state index >= 15 is 0 Å². The lowest BCUT2D eigenvalue weighted by Crippen LogP contribution is -2.17. The average molecular weight is 329 g/mol. The van der Waals surface area contributed by atoms with Crippen molar-refractivity contribution in [3.05, 3.63) is 29.7 Å². The van der Waals surface area contributed by atoms with Gasteiger partial charge in [-0.1, -0.05) is 0 Å². The van der Waals surface area contributed by atoms with Crippen LogP contribution in [0.2, 0.25) is 0 Å². The number of carbonyl (C=O) groups is 2. The van der Waals surface area contributed by atoms with E-state index in [1.54, 1.807) is 0 Å². The van der Waals surface area contributed by atoms with Crippen molar-refractivity contribution in [1.29, 1.82) is 0 Å². The number of rotatable bonds is 5. The van der Waals surface area contributed by atoms with Crippen LogP contribution in [0.3, 0.4) is 0 Å². The molecule has 1 aromatic heterocycles. The number of hydrogen-bond donors (Lipinski definition) is 2. The smallest absolute Gasteiger partial charge is 0.323 e. The van der Waals surface area contributed by atoms with Gasteiger partial charge in [0.05, 0.1) is 10.4 Å². The molecule has 0 saturated carbocycles. The molecule has 0 fully saturated rings. The number of benzene rings is 1. The van der Waals surface area contributed by atoms with Crippen LogP contribution in [0.1, 0.15) is 5.69 Å². The monoisotopic (exact) mass is 329 g/mol. The molecule has 9 heteroatoms. The van der Waals surface area contributed by atoms with E-state index in [0.29, 0.717) is 0 Å². The minimum atomic E-state index is -4.23. The normalized spacial score (nSPS) is 11.7. The van der Waals surface area contributed by atoms with Crippen molar-refractivity contribution < 1.29 is 32.6 Å². The summed E-state index contributed by atoms with van der Waals surface area (Å²) in [4.78, 5) is 21.3. The summed E-state index contributed by atoms with van der Waals surface area (Å²) in [6.45, 7) is 0.839. The number of aromatic nitrogens is 1. The van der Waals surface area contributed by atoms with Crippen LogP contribution in [-0.2, 0) is 26.0 Å². The first-order chi connectivity index (χ1) is 10.1. The largest absolute Gasteiger partial charge is 0.480 e. The Morgan fingerprint density at radius 3 is 2.41 bits per heavy atom. The van der Waals surface area contributed by atoms with Crippen LogP contribution in [-0.4, -0.2) is 40.9 Å². The van der Waals surface area contributed by atoms with Gasteiger partial charge < -0.3 is 14.8 Å². The number of fused-ring (bicyclic) bond motifs is 1. The summed E-state index contributed by atoms with van der Waals surface area (Å²) >= 11 is 0. The summed E-state index contributed by atoms with van der Waals surface area (Å²) in [6.07, 6.45) is 0. The van der Waals surface area contributed by atoms with Crippen LogP contribution in [0.5, 0.6) is 0 Å². The second kappa shape index (κ2) is 5.41. The first-order valence-corrected chi connectivity index (χ1v) is 7.73. The number of carboxylic acids is 2. The predicted octanol–water partition coefficient (Wildman–Crippen LogP) is 1.03. The highest BCUT2D eigenvalue weighted by Gasteiger charge is 2.28.